The number of nitro benzene ring substituents is 1. The van der Waals surface area contributed by atoms with E-state index in [0.717, 1.165) is 24.9 Å². The molecule has 0 unspecified atom stereocenters. The van der Waals surface area contributed by atoms with Crippen molar-refractivity contribution in [2.24, 2.45) is 0 Å². The summed E-state index contributed by atoms with van der Waals surface area (Å²) in [5, 5.41) is 29.0. The van der Waals surface area contributed by atoms with Gasteiger partial charge in [0.25, 0.3) is 5.69 Å². The van der Waals surface area contributed by atoms with Gasteiger partial charge in [-0.25, -0.2) is 9.78 Å². The fraction of sp³-hybridized carbons (Fsp3) is 0.261. The van der Waals surface area contributed by atoms with Gasteiger partial charge in [0.2, 0.25) is 5.16 Å². The number of aromatic amines is 1. The Labute approximate surface area is 215 Å². The molecule has 13 heteroatoms. The molecule has 0 spiro atoms. The Morgan fingerprint density at radius 2 is 2.00 bits per heavy atom. The van der Waals surface area contributed by atoms with Gasteiger partial charge in [-0.15, -0.1) is 5.10 Å². The summed E-state index contributed by atoms with van der Waals surface area (Å²) in [7, 11) is 3.52. The van der Waals surface area contributed by atoms with E-state index in [4.69, 9.17) is 16.3 Å². The summed E-state index contributed by atoms with van der Waals surface area (Å²) in [6.07, 6.45) is 1.36. The molecule has 2 heterocycles. The predicted molar refractivity (Wildman–Crippen MR) is 138 cm³/mol. The number of likely N-dealkylation sites (N-methyl/N-ethyl adjacent to an activating group) is 1. The molecule has 0 amide bonds. The number of H-pyrrole nitrogens is 1. The molecule has 0 bridgehead atoms. The number of thioether (sulfide) groups is 1. The monoisotopic (exact) mass is 530 g/mol. The average Bonchev–Trinajstić information content (AvgIpc) is 3.32. The number of methoxy groups -OCH3 is 1. The van der Waals surface area contributed by atoms with E-state index in [1.54, 1.807) is 30.3 Å². The lowest BCUT2D eigenvalue weighted by Gasteiger charge is -2.33. The van der Waals surface area contributed by atoms with Gasteiger partial charge in [-0.05, 0) is 54.7 Å². The van der Waals surface area contributed by atoms with Crippen LogP contribution in [0.4, 0.5) is 11.4 Å². The number of ether oxygens (including phenoxy) is 1. The Morgan fingerprint density at radius 1 is 1.25 bits per heavy atom. The number of nitro groups is 1. The van der Waals surface area contributed by atoms with E-state index < -0.39 is 10.9 Å². The molecule has 0 aliphatic carbocycles. The number of benzene rings is 2. The first kappa shape index (κ1) is 25.5. The number of nitrogens with zero attached hydrogens (tertiary/aromatic N) is 5. The summed E-state index contributed by atoms with van der Waals surface area (Å²) in [4.78, 5) is 31.7. The Morgan fingerprint density at radius 3 is 2.67 bits per heavy atom. The van der Waals surface area contributed by atoms with E-state index in [0.29, 0.717) is 46.5 Å². The molecule has 2 N–H and O–H groups in total. The van der Waals surface area contributed by atoms with Crippen LogP contribution in [0.15, 0.2) is 46.5 Å². The topological polar surface area (TPSA) is 138 Å². The van der Waals surface area contributed by atoms with Crippen molar-refractivity contribution < 1.29 is 19.6 Å². The number of piperazine rings is 1. The highest BCUT2D eigenvalue weighted by molar-refractivity contribution is 8.04. The lowest BCUT2D eigenvalue weighted by molar-refractivity contribution is -0.384. The molecule has 3 aromatic rings. The number of carboxylic acid groups (broad SMARTS) is 1. The fourth-order valence-corrected chi connectivity index (χ4v) is 4.63. The van der Waals surface area contributed by atoms with E-state index in [1.807, 2.05) is 11.9 Å². The number of aromatic nitrogens is 3. The Bertz CT molecular complexity index is 1320. The van der Waals surface area contributed by atoms with E-state index in [2.05, 4.69) is 20.1 Å². The van der Waals surface area contributed by atoms with Gasteiger partial charge >= 0.3 is 5.97 Å². The Balaban J connectivity index is 1.60. The number of carbonyl (C=O) groups is 1. The molecule has 0 saturated carbocycles. The zero-order chi connectivity index (χ0) is 25.8. The highest BCUT2D eigenvalue weighted by Crippen LogP contribution is 2.34. The van der Waals surface area contributed by atoms with Crippen molar-refractivity contribution in [2.75, 3.05) is 45.2 Å². The lowest BCUT2D eigenvalue weighted by atomic mass is 10.1. The molecule has 0 radical (unpaired) electrons. The van der Waals surface area contributed by atoms with Crippen LogP contribution in [0.25, 0.3) is 17.5 Å². The van der Waals surface area contributed by atoms with Gasteiger partial charge in [-0.2, -0.15) is 0 Å². The normalized spacial score (nSPS) is 14.6. The maximum atomic E-state index is 12.0. The van der Waals surface area contributed by atoms with Crippen LogP contribution < -0.4 is 9.64 Å². The highest BCUT2D eigenvalue weighted by Gasteiger charge is 2.23. The number of nitrogens with one attached hydrogen (secondary N) is 1. The van der Waals surface area contributed by atoms with E-state index in [9.17, 15) is 20.0 Å². The molecule has 36 heavy (non-hydrogen) atoms. The molecule has 1 saturated heterocycles. The molecule has 11 nitrogen and oxygen atoms in total. The summed E-state index contributed by atoms with van der Waals surface area (Å²) in [6, 6.07) is 9.74. The van der Waals surface area contributed by atoms with Gasteiger partial charge < -0.3 is 19.6 Å². The SMILES string of the molecule is COc1ccc(Cl)cc1-c1nc(S/C(=C/c2ccc(N3CCN(C)CC3)c([N+](=O)[O-])c2)C(=O)O)n[nH]1. The van der Waals surface area contributed by atoms with Crippen LogP contribution in [-0.2, 0) is 4.79 Å². The molecule has 188 valence electrons. The van der Waals surface area contributed by atoms with Gasteiger partial charge in [0, 0.05) is 37.3 Å². The molecule has 1 aliphatic rings. The summed E-state index contributed by atoms with van der Waals surface area (Å²) < 4.78 is 5.33. The minimum Gasteiger partial charge on any atom is -0.496 e. The van der Waals surface area contributed by atoms with Crippen molar-refractivity contribution >= 4 is 46.8 Å². The average molecular weight is 531 g/mol. The standard InChI is InChI=1S/C23H23ClN6O5S/c1-28-7-9-29(10-8-28)17-5-3-14(11-18(17)30(33)34)12-20(22(31)32)36-23-25-21(26-27-23)16-13-15(24)4-6-19(16)35-2/h3-6,11-13H,7-10H2,1-2H3,(H,31,32)(H,25,26,27)/b20-12+. The molecular formula is C23H23ClN6O5S. The smallest absolute Gasteiger partial charge is 0.342 e. The Kier molecular flexibility index (Phi) is 7.77. The first-order chi connectivity index (χ1) is 17.2. The zero-order valence-electron chi connectivity index (χ0n) is 19.5. The van der Waals surface area contributed by atoms with Gasteiger partial charge in [0.15, 0.2) is 5.82 Å². The first-order valence-electron chi connectivity index (χ1n) is 10.9. The molecule has 1 aromatic heterocycles. The number of rotatable bonds is 8. The van der Waals surface area contributed by atoms with Crippen LogP contribution in [0.5, 0.6) is 5.75 Å². The third kappa shape index (κ3) is 5.78. The number of hydrogen-bond acceptors (Lipinski definition) is 9. The van der Waals surface area contributed by atoms with Gasteiger partial charge in [-0.1, -0.05) is 17.7 Å². The second-order valence-electron chi connectivity index (χ2n) is 8.02. The van der Waals surface area contributed by atoms with Crippen LogP contribution >= 0.6 is 23.4 Å². The minimum atomic E-state index is -1.21. The largest absolute Gasteiger partial charge is 0.496 e. The zero-order valence-corrected chi connectivity index (χ0v) is 21.0. The second kappa shape index (κ2) is 11.0. The number of carboxylic acids is 1. The van der Waals surface area contributed by atoms with E-state index >= 15 is 0 Å². The predicted octanol–water partition coefficient (Wildman–Crippen LogP) is 4.01. The van der Waals surface area contributed by atoms with Crippen LogP contribution in [0.2, 0.25) is 5.02 Å². The molecule has 1 fully saturated rings. The highest BCUT2D eigenvalue weighted by atomic mass is 35.5. The van der Waals surface area contributed by atoms with Crippen molar-refractivity contribution in [2.45, 2.75) is 5.16 Å². The van der Waals surface area contributed by atoms with Gasteiger partial charge in [0.05, 0.1) is 17.6 Å². The summed E-state index contributed by atoms with van der Waals surface area (Å²) in [5.74, 6) is -0.333. The maximum Gasteiger partial charge on any atom is 0.342 e. The van der Waals surface area contributed by atoms with Crippen molar-refractivity contribution in [3.05, 3.63) is 62.0 Å². The van der Waals surface area contributed by atoms with E-state index in [-0.39, 0.29) is 15.7 Å². The third-order valence-corrected chi connectivity index (χ3v) is 6.74. The summed E-state index contributed by atoms with van der Waals surface area (Å²) >= 11 is 6.91. The number of hydrogen-bond donors (Lipinski definition) is 2. The van der Waals surface area contributed by atoms with Crippen molar-refractivity contribution in [3.8, 4) is 17.1 Å². The Hall–Kier alpha value is -3.61. The van der Waals surface area contributed by atoms with Crippen molar-refractivity contribution in [3.63, 3.8) is 0 Å². The first-order valence-corrected chi connectivity index (χ1v) is 12.1. The van der Waals surface area contributed by atoms with Crippen LogP contribution in [0.3, 0.4) is 0 Å². The van der Waals surface area contributed by atoms with Crippen LogP contribution in [-0.4, -0.2) is 76.4 Å². The molecular weight excluding hydrogens is 508 g/mol. The van der Waals surface area contributed by atoms with Crippen LogP contribution in [0.1, 0.15) is 5.56 Å². The van der Waals surface area contributed by atoms with Crippen molar-refractivity contribution in [1.29, 1.82) is 0 Å². The summed E-state index contributed by atoms with van der Waals surface area (Å²) in [5.41, 5.74) is 1.40. The quantitative estimate of drug-likeness (QED) is 0.190. The maximum absolute atomic E-state index is 12.0. The summed E-state index contributed by atoms with van der Waals surface area (Å²) in [6.45, 7) is 2.96. The van der Waals surface area contributed by atoms with E-state index in [1.165, 1.54) is 19.3 Å². The number of anilines is 1. The lowest BCUT2D eigenvalue weighted by Crippen LogP contribution is -2.44. The molecule has 2 aromatic carbocycles. The number of aliphatic carboxylic acids is 1. The molecule has 1 aliphatic heterocycles. The second-order valence-corrected chi connectivity index (χ2v) is 9.47. The van der Waals surface area contributed by atoms with Gasteiger partial charge in [0.1, 0.15) is 16.3 Å². The fourth-order valence-electron chi connectivity index (χ4n) is 3.75. The van der Waals surface area contributed by atoms with Crippen molar-refractivity contribution in [1.82, 2.24) is 20.1 Å². The van der Waals surface area contributed by atoms with Gasteiger partial charge in [-0.3, -0.25) is 15.2 Å². The minimum absolute atomic E-state index is 0.0729. The third-order valence-electron chi connectivity index (χ3n) is 5.63. The molecule has 4 rings (SSSR count). The number of halogens is 1. The molecule has 0 atom stereocenters. The van der Waals surface area contributed by atoms with Crippen LogP contribution in [0, 0.1) is 10.1 Å².